The van der Waals surface area contributed by atoms with Gasteiger partial charge in [-0.15, -0.1) is 0 Å². The molecule has 2 rings (SSSR count). The van der Waals surface area contributed by atoms with E-state index >= 15 is 0 Å². The maximum absolute atomic E-state index is 5.12. The molecule has 0 aromatic heterocycles. The van der Waals surface area contributed by atoms with Crippen molar-refractivity contribution in [1.82, 2.24) is 5.48 Å². The molecule has 1 aliphatic heterocycles. The number of rotatable bonds is 4. The van der Waals surface area contributed by atoms with Crippen LogP contribution in [-0.2, 0) is 17.8 Å². The summed E-state index contributed by atoms with van der Waals surface area (Å²) >= 11 is 0. The molecule has 1 aromatic rings. The van der Waals surface area contributed by atoms with E-state index in [1.807, 2.05) is 6.92 Å². The molecule has 15 heavy (non-hydrogen) atoms. The summed E-state index contributed by atoms with van der Waals surface area (Å²) in [6.07, 6.45) is 1.16. The Hall–Kier alpha value is -1.06. The predicted molar refractivity (Wildman–Crippen MR) is 61.9 cm³/mol. The highest BCUT2D eigenvalue weighted by molar-refractivity contribution is 5.58. The fourth-order valence-electron chi connectivity index (χ4n) is 1.97. The van der Waals surface area contributed by atoms with Crippen LogP contribution in [0.25, 0.3) is 0 Å². The number of fused-ring (bicyclic) bond motifs is 1. The quantitative estimate of drug-likeness (QED) is 0.599. The molecule has 1 N–H and O–H groups in total. The van der Waals surface area contributed by atoms with E-state index in [1.165, 1.54) is 16.8 Å². The topological polar surface area (TPSA) is 24.5 Å². The van der Waals surface area contributed by atoms with E-state index in [2.05, 4.69) is 35.6 Å². The Balaban J connectivity index is 2.03. The van der Waals surface area contributed by atoms with Gasteiger partial charge in [-0.05, 0) is 30.5 Å². The SMILES string of the molecule is CCONCc1ccc2c(c1)CCN2C. The molecule has 0 saturated carbocycles. The Morgan fingerprint density at radius 2 is 2.33 bits per heavy atom. The lowest BCUT2D eigenvalue weighted by atomic mass is 10.1. The zero-order chi connectivity index (χ0) is 10.7. The summed E-state index contributed by atoms with van der Waals surface area (Å²) in [4.78, 5) is 7.42. The number of hydrogen-bond acceptors (Lipinski definition) is 3. The van der Waals surface area contributed by atoms with Crippen LogP contribution in [0.4, 0.5) is 5.69 Å². The van der Waals surface area contributed by atoms with Crippen LogP contribution in [0.1, 0.15) is 18.1 Å². The maximum Gasteiger partial charge on any atom is 0.0654 e. The van der Waals surface area contributed by atoms with E-state index in [0.29, 0.717) is 6.61 Å². The predicted octanol–water partition coefficient (Wildman–Crippen LogP) is 1.72. The molecular formula is C12H18N2O. The molecule has 1 heterocycles. The number of nitrogens with one attached hydrogen (secondary N) is 1. The van der Waals surface area contributed by atoms with Gasteiger partial charge in [0.25, 0.3) is 0 Å². The van der Waals surface area contributed by atoms with Crippen molar-refractivity contribution in [3.8, 4) is 0 Å². The van der Waals surface area contributed by atoms with Gasteiger partial charge in [-0.2, -0.15) is 5.48 Å². The van der Waals surface area contributed by atoms with Crippen molar-refractivity contribution in [2.75, 3.05) is 25.1 Å². The first-order chi connectivity index (χ1) is 7.31. The summed E-state index contributed by atoms with van der Waals surface area (Å²) < 4.78 is 0. The Labute approximate surface area is 91.0 Å². The zero-order valence-corrected chi connectivity index (χ0v) is 9.42. The van der Waals surface area contributed by atoms with E-state index in [1.54, 1.807) is 0 Å². The van der Waals surface area contributed by atoms with Gasteiger partial charge in [0, 0.05) is 25.8 Å². The van der Waals surface area contributed by atoms with Crippen molar-refractivity contribution in [2.45, 2.75) is 19.9 Å². The lowest BCUT2D eigenvalue weighted by Gasteiger charge is -2.12. The van der Waals surface area contributed by atoms with Crippen LogP contribution in [0.5, 0.6) is 0 Å². The molecule has 3 nitrogen and oxygen atoms in total. The molecule has 0 spiro atoms. The fraction of sp³-hybridized carbons (Fsp3) is 0.500. The van der Waals surface area contributed by atoms with E-state index in [9.17, 15) is 0 Å². The van der Waals surface area contributed by atoms with Gasteiger partial charge in [0.2, 0.25) is 0 Å². The number of benzene rings is 1. The summed E-state index contributed by atoms with van der Waals surface area (Å²) in [5, 5.41) is 0. The van der Waals surface area contributed by atoms with Crippen molar-refractivity contribution in [3.63, 3.8) is 0 Å². The van der Waals surface area contributed by atoms with Crippen molar-refractivity contribution in [3.05, 3.63) is 29.3 Å². The molecule has 0 amide bonds. The van der Waals surface area contributed by atoms with Gasteiger partial charge >= 0.3 is 0 Å². The summed E-state index contributed by atoms with van der Waals surface area (Å²) in [6.45, 7) is 4.60. The van der Waals surface area contributed by atoms with Crippen LogP contribution >= 0.6 is 0 Å². The molecule has 0 radical (unpaired) electrons. The molecule has 0 fully saturated rings. The highest BCUT2D eigenvalue weighted by Gasteiger charge is 2.15. The first kappa shape index (κ1) is 10.5. The van der Waals surface area contributed by atoms with Gasteiger partial charge < -0.3 is 9.74 Å². The number of anilines is 1. The number of hydrogen-bond donors (Lipinski definition) is 1. The minimum Gasteiger partial charge on any atom is -0.374 e. The van der Waals surface area contributed by atoms with E-state index in [-0.39, 0.29) is 0 Å². The molecule has 1 aromatic carbocycles. The van der Waals surface area contributed by atoms with Crippen molar-refractivity contribution >= 4 is 5.69 Å². The third kappa shape index (κ3) is 2.30. The Morgan fingerprint density at radius 1 is 1.47 bits per heavy atom. The maximum atomic E-state index is 5.12. The summed E-state index contributed by atoms with van der Waals surface area (Å²) in [7, 11) is 2.14. The number of nitrogens with zero attached hydrogens (tertiary/aromatic N) is 1. The third-order valence-electron chi connectivity index (χ3n) is 2.79. The molecule has 0 saturated heterocycles. The Bertz CT molecular complexity index is 338. The van der Waals surface area contributed by atoms with Crippen LogP contribution in [0.15, 0.2) is 18.2 Å². The third-order valence-corrected chi connectivity index (χ3v) is 2.79. The van der Waals surface area contributed by atoms with E-state index < -0.39 is 0 Å². The van der Waals surface area contributed by atoms with E-state index in [4.69, 9.17) is 4.84 Å². The largest absolute Gasteiger partial charge is 0.374 e. The molecular weight excluding hydrogens is 188 g/mol. The molecule has 82 valence electrons. The second-order valence-electron chi connectivity index (χ2n) is 3.89. The number of likely N-dealkylation sites (N-methyl/N-ethyl adjacent to an activating group) is 1. The Kier molecular flexibility index (Phi) is 3.23. The lowest BCUT2D eigenvalue weighted by molar-refractivity contribution is 0.0463. The first-order valence-electron chi connectivity index (χ1n) is 5.49. The minimum atomic E-state index is 0.702. The standard InChI is InChI=1S/C12H18N2O/c1-3-15-13-9-10-4-5-12-11(8-10)6-7-14(12)2/h4-5,8,13H,3,6-7,9H2,1-2H3. The van der Waals surface area contributed by atoms with Gasteiger partial charge in [0.1, 0.15) is 0 Å². The van der Waals surface area contributed by atoms with Crippen LogP contribution in [0, 0.1) is 0 Å². The van der Waals surface area contributed by atoms with Crippen molar-refractivity contribution < 1.29 is 4.84 Å². The highest BCUT2D eigenvalue weighted by atomic mass is 16.6. The van der Waals surface area contributed by atoms with Gasteiger partial charge in [0.15, 0.2) is 0 Å². The van der Waals surface area contributed by atoms with Crippen molar-refractivity contribution in [1.29, 1.82) is 0 Å². The summed E-state index contributed by atoms with van der Waals surface area (Å²) in [6, 6.07) is 6.63. The summed E-state index contributed by atoms with van der Waals surface area (Å²) in [5.74, 6) is 0. The summed E-state index contributed by atoms with van der Waals surface area (Å²) in [5.41, 5.74) is 7.05. The lowest BCUT2D eigenvalue weighted by Crippen LogP contribution is -2.14. The van der Waals surface area contributed by atoms with Gasteiger partial charge in [0.05, 0.1) is 6.61 Å². The molecule has 3 heteroatoms. The van der Waals surface area contributed by atoms with Crippen LogP contribution in [0.2, 0.25) is 0 Å². The van der Waals surface area contributed by atoms with E-state index in [0.717, 1.165) is 19.5 Å². The monoisotopic (exact) mass is 206 g/mol. The molecule has 0 bridgehead atoms. The van der Waals surface area contributed by atoms with Crippen LogP contribution in [0.3, 0.4) is 0 Å². The number of hydroxylamine groups is 1. The average molecular weight is 206 g/mol. The average Bonchev–Trinajstić information content (AvgIpc) is 2.61. The molecule has 0 unspecified atom stereocenters. The highest BCUT2D eigenvalue weighted by Crippen LogP contribution is 2.27. The molecule has 0 atom stereocenters. The van der Waals surface area contributed by atoms with Crippen molar-refractivity contribution in [2.24, 2.45) is 0 Å². The first-order valence-corrected chi connectivity index (χ1v) is 5.49. The van der Waals surface area contributed by atoms with Crippen LogP contribution in [-0.4, -0.2) is 20.2 Å². The zero-order valence-electron chi connectivity index (χ0n) is 9.42. The Morgan fingerprint density at radius 3 is 3.13 bits per heavy atom. The molecule has 1 aliphatic rings. The fourth-order valence-corrected chi connectivity index (χ4v) is 1.97. The second-order valence-corrected chi connectivity index (χ2v) is 3.89. The second kappa shape index (κ2) is 4.64. The molecule has 0 aliphatic carbocycles. The minimum absolute atomic E-state index is 0.702. The van der Waals surface area contributed by atoms with Gasteiger partial charge in [-0.3, -0.25) is 0 Å². The van der Waals surface area contributed by atoms with Gasteiger partial charge in [-0.1, -0.05) is 12.1 Å². The normalized spacial score (nSPS) is 14.4. The van der Waals surface area contributed by atoms with Crippen LogP contribution < -0.4 is 10.4 Å². The smallest absolute Gasteiger partial charge is 0.0654 e. The van der Waals surface area contributed by atoms with Gasteiger partial charge in [-0.25, -0.2) is 0 Å².